The molecule has 0 aromatic heterocycles. The molecule has 2 amide bonds. The molecule has 0 spiro atoms. The molecule has 1 heterocycles. The summed E-state index contributed by atoms with van der Waals surface area (Å²) in [5.74, 6) is 0.0349. The molecule has 148 valence electrons. The normalized spacial score (nSPS) is 14.8. The molecule has 0 bridgehead atoms. The summed E-state index contributed by atoms with van der Waals surface area (Å²) in [4.78, 5) is 27.5. The lowest BCUT2D eigenvalue weighted by Crippen LogP contribution is -2.46. The second kappa shape index (κ2) is 8.08. The summed E-state index contributed by atoms with van der Waals surface area (Å²) in [7, 11) is 0. The minimum atomic E-state index is -0.0353. The lowest BCUT2D eigenvalue weighted by atomic mass is 10.00. The third-order valence-corrected chi connectivity index (χ3v) is 5.91. The monoisotopic (exact) mass is 386 g/mol. The summed E-state index contributed by atoms with van der Waals surface area (Å²) < 4.78 is 0. The minimum Gasteiger partial charge on any atom is -0.349 e. The summed E-state index contributed by atoms with van der Waals surface area (Å²) in [5, 5.41) is 5.20. The molecular formula is C25H26N2O2. The molecule has 0 unspecified atom stereocenters. The van der Waals surface area contributed by atoms with Gasteiger partial charge >= 0.3 is 0 Å². The van der Waals surface area contributed by atoms with Crippen molar-refractivity contribution in [2.45, 2.75) is 32.7 Å². The van der Waals surface area contributed by atoms with E-state index in [1.807, 2.05) is 79.4 Å². The molecule has 1 aliphatic rings. The fraction of sp³-hybridized carbons (Fsp3) is 0.280. The fourth-order valence-electron chi connectivity index (χ4n) is 3.96. The largest absolute Gasteiger partial charge is 0.349 e. The van der Waals surface area contributed by atoms with E-state index >= 15 is 0 Å². The van der Waals surface area contributed by atoms with Gasteiger partial charge in [0.1, 0.15) is 0 Å². The molecule has 1 saturated heterocycles. The first-order valence-electron chi connectivity index (χ1n) is 10.2. The highest BCUT2D eigenvalue weighted by atomic mass is 16.2. The number of nitrogens with one attached hydrogen (secondary N) is 1. The van der Waals surface area contributed by atoms with Gasteiger partial charge in [-0.05, 0) is 66.8 Å². The molecule has 1 N–H and O–H groups in total. The van der Waals surface area contributed by atoms with E-state index in [1.165, 1.54) is 5.56 Å². The topological polar surface area (TPSA) is 49.4 Å². The number of benzene rings is 3. The van der Waals surface area contributed by atoms with E-state index in [9.17, 15) is 9.59 Å². The molecule has 4 heteroatoms. The molecular weight excluding hydrogens is 360 g/mol. The Labute approximate surface area is 171 Å². The van der Waals surface area contributed by atoms with Crippen molar-refractivity contribution in [2.75, 3.05) is 13.1 Å². The Hall–Kier alpha value is -3.14. The van der Waals surface area contributed by atoms with Crippen LogP contribution in [0.2, 0.25) is 0 Å². The average molecular weight is 386 g/mol. The summed E-state index contributed by atoms with van der Waals surface area (Å²) in [5.41, 5.74) is 3.75. The van der Waals surface area contributed by atoms with Gasteiger partial charge in [-0.25, -0.2) is 0 Å². The first kappa shape index (κ1) is 19.2. The third kappa shape index (κ3) is 4.02. The second-order valence-electron chi connectivity index (χ2n) is 7.87. The number of hydrogen-bond acceptors (Lipinski definition) is 2. The van der Waals surface area contributed by atoms with E-state index in [0.29, 0.717) is 18.7 Å². The van der Waals surface area contributed by atoms with E-state index in [4.69, 9.17) is 0 Å². The first-order chi connectivity index (χ1) is 14.0. The van der Waals surface area contributed by atoms with Crippen LogP contribution in [0.15, 0.2) is 60.7 Å². The number of nitrogens with zero attached hydrogens (tertiary/aromatic N) is 1. The number of aryl methyl sites for hydroxylation is 2. The number of hydrogen-bond donors (Lipinski definition) is 1. The quantitative estimate of drug-likeness (QED) is 0.721. The molecule has 3 aromatic carbocycles. The predicted molar refractivity (Wildman–Crippen MR) is 116 cm³/mol. The zero-order valence-electron chi connectivity index (χ0n) is 16.9. The Balaban J connectivity index is 1.39. The number of piperidine rings is 1. The third-order valence-electron chi connectivity index (χ3n) is 5.91. The van der Waals surface area contributed by atoms with E-state index in [2.05, 4.69) is 5.32 Å². The molecule has 1 fully saturated rings. The van der Waals surface area contributed by atoms with Crippen molar-refractivity contribution in [3.8, 4) is 0 Å². The molecule has 0 saturated carbocycles. The van der Waals surface area contributed by atoms with Crippen molar-refractivity contribution in [1.29, 1.82) is 0 Å². The minimum absolute atomic E-state index is 0.0353. The SMILES string of the molecule is Cc1ccc(C(=O)NC2CCN(C(=O)c3cccc4ccccc34)CC2)cc1C. The molecule has 4 rings (SSSR count). The van der Waals surface area contributed by atoms with Crippen molar-refractivity contribution in [3.63, 3.8) is 0 Å². The summed E-state index contributed by atoms with van der Waals surface area (Å²) in [6, 6.07) is 19.7. The van der Waals surface area contributed by atoms with Gasteiger partial charge in [-0.2, -0.15) is 0 Å². The molecule has 0 atom stereocenters. The average Bonchev–Trinajstić information content (AvgIpc) is 2.75. The molecule has 0 aliphatic carbocycles. The Morgan fingerprint density at radius 2 is 1.62 bits per heavy atom. The van der Waals surface area contributed by atoms with Crippen LogP contribution in [0.25, 0.3) is 10.8 Å². The van der Waals surface area contributed by atoms with Gasteiger partial charge in [0.2, 0.25) is 0 Å². The van der Waals surface area contributed by atoms with Crippen LogP contribution in [0.1, 0.15) is 44.7 Å². The van der Waals surface area contributed by atoms with Gasteiger partial charge in [0.05, 0.1) is 0 Å². The highest BCUT2D eigenvalue weighted by molar-refractivity contribution is 6.07. The molecule has 0 radical (unpaired) electrons. The van der Waals surface area contributed by atoms with Crippen LogP contribution in [-0.4, -0.2) is 35.8 Å². The van der Waals surface area contributed by atoms with Gasteiger partial charge in [0.25, 0.3) is 11.8 Å². The van der Waals surface area contributed by atoms with Gasteiger partial charge in [0, 0.05) is 30.3 Å². The van der Waals surface area contributed by atoms with Crippen LogP contribution < -0.4 is 5.32 Å². The van der Waals surface area contributed by atoms with E-state index in [0.717, 1.165) is 34.7 Å². The van der Waals surface area contributed by atoms with Crippen LogP contribution in [0, 0.1) is 13.8 Å². The van der Waals surface area contributed by atoms with Crippen molar-refractivity contribution >= 4 is 22.6 Å². The van der Waals surface area contributed by atoms with Crippen LogP contribution >= 0.6 is 0 Å². The van der Waals surface area contributed by atoms with Gasteiger partial charge in [0.15, 0.2) is 0 Å². The Bertz CT molecular complexity index is 1060. The Morgan fingerprint density at radius 3 is 2.38 bits per heavy atom. The number of rotatable bonds is 3. The maximum Gasteiger partial charge on any atom is 0.254 e. The van der Waals surface area contributed by atoms with Crippen molar-refractivity contribution < 1.29 is 9.59 Å². The molecule has 4 nitrogen and oxygen atoms in total. The van der Waals surface area contributed by atoms with E-state index in [-0.39, 0.29) is 17.9 Å². The molecule has 3 aromatic rings. The zero-order chi connectivity index (χ0) is 20.4. The number of fused-ring (bicyclic) bond motifs is 1. The summed E-state index contributed by atoms with van der Waals surface area (Å²) >= 11 is 0. The van der Waals surface area contributed by atoms with Gasteiger partial charge < -0.3 is 10.2 Å². The van der Waals surface area contributed by atoms with Crippen LogP contribution in [-0.2, 0) is 0 Å². The maximum atomic E-state index is 13.1. The highest BCUT2D eigenvalue weighted by Gasteiger charge is 2.25. The highest BCUT2D eigenvalue weighted by Crippen LogP contribution is 2.22. The van der Waals surface area contributed by atoms with Crippen molar-refractivity contribution in [2.24, 2.45) is 0 Å². The molecule has 1 aliphatic heterocycles. The predicted octanol–water partition coefficient (Wildman–Crippen LogP) is 4.49. The number of carbonyl (C=O) groups is 2. The number of likely N-dealkylation sites (tertiary alicyclic amines) is 1. The van der Waals surface area contributed by atoms with E-state index in [1.54, 1.807) is 0 Å². The number of amides is 2. The van der Waals surface area contributed by atoms with Gasteiger partial charge in [-0.3, -0.25) is 9.59 Å². The lowest BCUT2D eigenvalue weighted by Gasteiger charge is -2.32. The smallest absolute Gasteiger partial charge is 0.254 e. The van der Waals surface area contributed by atoms with Crippen LogP contribution in [0.4, 0.5) is 0 Å². The van der Waals surface area contributed by atoms with Crippen LogP contribution in [0.3, 0.4) is 0 Å². The summed E-state index contributed by atoms with van der Waals surface area (Å²) in [6.07, 6.45) is 1.54. The maximum absolute atomic E-state index is 13.1. The molecule has 29 heavy (non-hydrogen) atoms. The summed E-state index contributed by atoms with van der Waals surface area (Å²) in [6.45, 7) is 5.36. The van der Waals surface area contributed by atoms with Gasteiger partial charge in [-0.1, -0.05) is 42.5 Å². The second-order valence-corrected chi connectivity index (χ2v) is 7.87. The Kier molecular flexibility index (Phi) is 5.34. The van der Waals surface area contributed by atoms with Crippen LogP contribution in [0.5, 0.6) is 0 Å². The zero-order valence-corrected chi connectivity index (χ0v) is 16.9. The number of carbonyl (C=O) groups excluding carboxylic acids is 2. The van der Waals surface area contributed by atoms with E-state index < -0.39 is 0 Å². The Morgan fingerprint density at radius 1 is 0.897 bits per heavy atom. The fourth-order valence-corrected chi connectivity index (χ4v) is 3.96. The van der Waals surface area contributed by atoms with Crippen molar-refractivity contribution in [3.05, 3.63) is 82.9 Å². The van der Waals surface area contributed by atoms with Gasteiger partial charge in [-0.15, -0.1) is 0 Å². The standard InChI is InChI=1S/C25H26N2O2/c1-17-10-11-20(16-18(17)2)24(28)26-21-12-14-27(15-13-21)25(29)23-9-5-7-19-6-3-4-8-22(19)23/h3-11,16,21H,12-15H2,1-2H3,(H,26,28). The lowest BCUT2D eigenvalue weighted by molar-refractivity contribution is 0.0700. The first-order valence-corrected chi connectivity index (χ1v) is 10.2. The van der Waals surface area contributed by atoms with Crippen molar-refractivity contribution in [1.82, 2.24) is 10.2 Å².